The van der Waals surface area contributed by atoms with E-state index in [4.69, 9.17) is 9.72 Å². The van der Waals surface area contributed by atoms with Gasteiger partial charge in [0.2, 0.25) is 0 Å². The number of fused-ring (bicyclic) bond motifs is 3. The Morgan fingerprint density at radius 3 is 2.67 bits per heavy atom. The van der Waals surface area contributed by atoms with E-state index in [1.807, 2.05) is 0 Å². The number of likely N-dealkylation sites (tertiary alicyclic amines) is 1. The number of hydrogen-bond acceptors (Lipinski definition) is 6. The molecule has 33 heavy (non-hydrogen) atoms. The molecule has 0 saturated carbocycles. The zero-order valence-corrected chi connectivity index (χ0v) is 19.5. The van der Waals surface area contributed by atoms with Gasteiger partial charge >= 0.3 is 0 Å². The maximum absolute atomic E-state index is 13.0. The van der Waals surface area contributed by atoms with Gasteiger partial charge in [0.05, 0.1) is 10.2 Å². The first kappa shape index (κ1) is 22.1. The summed E-state index contributed by atoms with van der Waals surface area (Å²) < 4.78 is 19.8. The first-order valence-corrected chi connectivity index (χ1v) is 12.2. The molecular weight excluding hydrogens is 437 g/mol. The van der Waals surface area contributed by atoms with Gasteiger partial charge in [0, 0.05) is 38.1 Å². The fraction of sp³-hybridized carbons (Fsp3) is 0.346. The van der Waals surface area contributed by atoms with Crippen LogP contribution in [0.3, 0.4) is 0 Å². The molecule has 4 aromatic rings. The van der Waals surface area contributed by atoms with Crippen molar-refractivity contribution in [1.82, 2.24) is 9.88 Å². The van der Waals surface area contributed by atoms with Crippen molar-refractivity contribution < 1.29 is 14.2 Å². The lowest BCUT2D eigenvalue weighted by molar-refractivity contribution is 0.0595. The number of aliphatic hydroxyl groups excluding tert-OH is 1. The molecule has 5 nitrogen and oxygen atoms in total. The lowest BCUT2D eigenvalue weighted by atomic mass is 10.0. The third-order valence-electron chi connectivity index (χ3n) is 6.40. The van der Waals surface area contributed by atoms with Crippen molar-refractivity contribution in [3.8, 4) is 5.75 Å². The summed E-state index contributed by atoms with van der Waals surface area (Å²) in [6.45, 7) is 2.63. The Morgan fingerprint density at radius 1 is 1.12 bits per heavy atom. The largest absolute Gasteiger partial charge is 0.491 e. The van der Waals surface area contributed by atoms with Gasteiger partial charge in [-0.2, -0.15) is 0 Å². The van der Waals surface area contributed by atoms with Crippen molar-refractivity contribution >= 4 is 37.5 Å². The average Bonchev–Trinajstić information content (AvgIpc) is 3.29. The average molecular weight is 466 g/mol. The molecule has 3 aromatic carbocycles. The highest BCUT2D eigenvalue weighted by Crippen LogP contribution is 2.35. The molecule has 1 N–H and O–H groups in total. The van der Waals surface area contributed by atoms with Crippen LogP contribution in [0.2, 0.25) is 0 Å². The highest BCUT2D eigenvalue weighted by atomic mass is 32.1. The number of rotatable bonds is 7. The third kappa shape index (κ3) is 4.95. The second-order valence-corrected chi connectivity index (χ2v) is 9.67. The van der Waals surface area contributed by atoms with Crippen LogP contribution >= 0.6 is 11.3 Å². The van der Waals surface area contributed by atoms with Crippen LogP contribution in [-0.4, -0.2) is 60.4 Å². The summed E-state index contributed by atoms with van der Waals surface area (Å²) in [4.78, 5) is 9.53. The van der Waals surface area contributed by atoms with Gasteiger partial charge in [0.15, 0.2) is 5.13 Å². The molecule has 0 amide bonds. The monoisotopic (exact) mass is 465 g/mol. The van der Waals surface area contributed by atoms with E-state index in [0.717, 1.165) is 36.6 Å². The molecule has 0 radical (unpaired) electrons. The van der Waals surface area contributed by atoms with Crippen LogP contribution in [0.15, 0.2) is 60.7 Å². The Labute approximate surface area is 197 Å². The number of benzene rings is 3. The molecule has 2 heterocycles. The number of ether oxygens (including phenoxy) is 1. The smallest absolute Gasteiger partial charge is 0.186 e. The molecule has 1 aliphatic rings. The molecule has 1 aliphatic heterocycles. The first-order chi connectivity index (χ1) is 16.1. The molecular formula is C26H28FN3O2S. The maximum atomic E-state index is 13.0. The van der Waals surface area contributed by atoms with Gasteiger partial charge in [-0.1, -0.05) is 41.7 Å². The van der Waals surface area contributed by atoms with Crippen molar-refractivity contribution in [2.75, 3.05) is 38.2 Å². The number of aliphatic hydroxyl groups is 1. The van der Waals surface area contributed by atoms with Gasteiger partial charge in [-0.3, -0.25) is 0 Å². The number of halogens is 1. The Bertz CT molecular complexity index is 1220. The molecule has 1 unspecified atom stereocenters. The second kappa shape index (κ2) is 9.63. The van der Waals surface area contributed by atoms with Gasteiger partial charge in [0.25, 0.3) is 0 Å². The molecule has 5 rings (SSSR count). The van der Waals surface area contributed by atoms with Gasteiger partial charge in [-0.05, 0) is 48.6 Å². The van der Waals surface area contributed by atoms with Crippen molar-refractivity contribution in [3.63, 3.8) is 0 Å². The molecule has 0 bridgehead atoms. The zero-order chi connectivity index (χ0) is 22.8. The highest BCUT2D eigenvalue weighted by Gasteiger charge is 2.25. The van der Waals surface area contributed by atoms with Crippen LogP contribution in [0.25, 0.3) is 21.0 Å². The molecule has 1 atom stereocenters. The predicted molar refractivity (Wildman–Crippen MR) is 133 cm³/mol. The van der Waals surface area contributed by atoms with E-state index >= 15 is 0 Å². The second-order valence-electron chi connectivity index (χ2n) is 8.69. The minimum Gasteiger partial charge on any atom is -0.491 e. The lowest BCUT2D eigenvalue weighted by Gasteiger charge is -2.37. The maximum Gasteiger partial charge on any atom is 0.186 e. The number of β-amino-alcohol motifs (C(OH)–C–C–N with tert-alkyl or cyclic N) is 1. The SMILES string of the molecule is CN(c1nc2ccc3ccccc3c2s1)C1CCN(CC(O)COc2ccc(F)cc2)CC1. The van der Waals surface area contributed by atoms with E-state index < -0.39 is 6.10 Å². The molecule has 0 spiro atoms. The fourth-order valence-electron chi connectivity index (χ4n) is 4.51. The number of piperidine rings is 1. The third-order valence-corrected chi connectivity index (χ3v) is 7.59. The van der Waals surface area contributed by atoms with Crippen molar-refractivity contribution in [2.24, 2.45) is 0 Å². The van der Waals surface area contributed by atoms with Gasteiger partial charge < -0.3 is 19.6 Å². The topological polar surface area (TPSA) is 48.8 Å². The zero-order valence-electron chi connectivity index (χ0n) is 18.7. The van der Waals surface area contributed by atoms with Crippen LogP contribution in [-0.2, 0) is 0 Å². The first-order valence-electron chi connectivity index (χ1n) is 11.4. The number of hydrogen-bond donors (Lipinski definition) is 1. The molecule has 1 saturated heterocycles. The Hall–Kier alpha value is -2.74. The normalized spacial score (nSPS) is 16.3. The number of aromatic nitrogens is 1. The summed E-state index contributed by atoms with van der Waals surface area (Å²) >= 11 is 1.77. The number of anilines is 1. The molecule has 1 aromatic heterocycles. The van der Waals surface area contributed by atoms with E-state index in [-0.39, 0.29) is 12.4 Å². The van der Waals surface area contributed by atoms with Gasteiger partial charge in [0.1, 0.15) is 24.3 Å². The number of nitrogens with zero attached hydrogens (tertiary/aromatic N) is 3. The van der Waals surface area contributed by atoms with Gasteiger partial charge in [-0.25, -0.2) is 9.37 Å². The Balaban J connectivity index is 1.15. The fourth-order valence-corrected chi connectivity index (χ4v) is 5.65. The Morgan fingerprint density at radius 2 is 1.88 bits per heavy atom. The Kier molecular flexibility index (Phi) is 6.44. The van der Waals surface area contributed by atoms with Crippen LogP contribution in [0, 0.1) is 5.82 Å². The summed E-state index contributed by atoms with van der Waals surface area (Å²) in [6, 6.07) is 19.0. The molecule has 1 fully saturated rings. The predicted octanol–water partition coefficient (Wildman–Crippen LogP) is 4.93. The summed E-state index contributed by atoms with van der Waals surface area (Å²) in [5.74, 6) is 0.273. The lowest BCUT2D eigenvalue weighted by Crippen LogP contribution is -2.46. The van der Waals surface area contributed by atoms with E-state index in [2.05, 4.69) is 53.2 Å². The van der Waals surface area contributed by atoms with Crippen LogP contribution in [0.4, 0.5) is 9.52 Å². The quantitative estimate of drug-likeness (QED) is 0.419. The van der Waals surface area contributed by atoms with E-state index in [1.54, 1.807) is 23.5 Å². The van der Waals surface area contributed by atoms with E-state index in [0.29, 0.717) is 18.3 Å². The summed E-state index contributed by atoms with van der Waals surface area (Å²) in [6.07, 6.45) is 1.47. The van der Waals surface area contributed by atoms with Crippen LogP contribution in [0.1, 0.15) is 12.8 Å². The molecule has 172 valence electrons. The van der Waals surface area contributed by atoms with Crippen LogP contribution < -0.4 is 9.64 Å². The van der Waals surface area contributed by atoms with Gasteiger partial charge in [-0.15, -0.1) is 0 Å². The standard InChI is InChI=1S/C26H28FN3O2S/c1-29(26-28-24-11-6-18-4-2-3-5-23(18)25(24)33-26)20-12-14-30(15-13-20)16-21(31)17-32-22-9-7-19(27)8-10-22/h2-11,20-21,31H,12-17H2,1H3. The van der Waals surface area contributed by atoms with Crippen molar-refractivity contribution in [1.29, 1.82) is 0 Å². The van der Waals surface area contributed by atoms with Crippen molar-refractivity contribution in [2.45, 2.75) is 25.0 Å². The van der Waals surface area contributed by atoms with E-state index in [9.17, 15) is 9.50 Å². The minimum atomic E-state index is -0.582. The highest BCUT2D eigenvalue weighted by molar-refractivity contribution is 7.23. The molecule has 7 heteroatoms. The molecule has 0 aliphatic carbocycles. The summed E-state index contributed by atoms with van der Waals surface area (Å²) in [5.41, 5.74) is 1.06. The van der Waals surface area contributed by atoms with Crippen LogP contribution in [0.5, 0.6) is 5.75 Å². The number of thiazole rings is 1. The minimum absolute atomic E-state index is 0.200. The van der Waals surface area contributed by atoms with Crippen molar-refractivity contribution in [3.05, 3.63) is 66.5 Å². The summed E-state index contributed by atoms with van der Waals surface area (Å²) in [5, 5.41) is 14.0. The summed E-state index contributed by atoms with van der Waals surface area (Å²) in [7, 11) is 2.14. The van der Waals surface area contributed by atoms with E-state index in [1.165, 1.54) is 27.6 Å².